The first-order chi connectivity index (χ1) is 9.58. The van der Waals surface area contributed by atoms with E-state index in [0.29, 0.717) is 6.54 Å². The highest BCUT2D eigenvalue weighted by atomic mass is 16.1. The summed E-state index contributed by atoms with van der Waals surface area (Å²) in [6.07, 6.45) is 0. The maximum atomic E-state index is 12.4. The van der Waals surface area contributed by atoms with Crippen molar-refractivity contribution in [2.45, 2.75) is 20.4 Å². The Morgan fingerprint density at radius 1 is 1.00 bits per heavy atom. The van der Waals surface area contributed by atoms with Gasteiger partial charge in [0.2, 0.25) is 0 Å². The Balaban J connectivity index is 2.18. The average molecular weight is 266 g/mol. The fourth-order valence-electron chi connectivity index (χ4n) is 2.66. The van der Waals surface area contributed by atoms with Crippen molar-refractivity contribution < 1.29 is 0 Å². The van der Waals surface area contributed by atoms with E-state index in [1.54, 1.807) is 4.57 Å². The minimum atomic E-state index is 0.0344. The second-order valence-electron chi connectivity index (χ2n) is 5.35. The van der Waals surface area contributed by atoms with Crippen molar-refractivity contribution in [2.75, 3.05) is 0 Å². The fraction of sp³-hybridized carbons (Fsp3) is 0.235. The molecule has 0 fully saturated rings. The van der Waals surface area contributed by atoms with E-state index in [2.05, 4.69) is 32.0 Å². The number of benzene rings is 2. The summed E-state index contributed by atoms with van der Waals surface area (Å²) in [5.74, 6) is 0. The Morgan fingerprint density at radius 2 is 1.70 bits per heavy atom. The molecule has 0 unspecified atom stereocenters. The van der Waals surface area contributed by atoms with Crippen molar-refractivity contribution in [1.29, 1.82) is 0 Å². The van der Waals surface area contributed by atoms with E-state index in [1.807, 2.05) is 35.9 Å². The van der Waals surface area contributed by atoms with Crippen LogP contribution in [0.5, 0.6) is 0 Å². The SMILES string of the molecule is Cc1ccc(C)c(Cn2c(=O)n(C)c3ccccc32)c1. The van der Waals surface area contributed by atoms with Crippen molar-refractivity contribution >= 4 is 11.0 Å². The summed E-state index contributed by atoms with van der Waals surface area (Å²) in [7, 11) is 1.82. The van der Waals surface area contributed by atoms with E-state index in [1.165, 1.54) is 16.7 Å². The summed E-state index contributed by atoms with van der Waals surface area (Å²) in [5, 5.41) is 0. The summed E-state index contributed by atoms with van der Waals surface area (Å²) in [6.45, 7) is 4.79. The second-order valence-corrected chi connectivity index (χ2v) is 5.35. The maximum absolute atomic E-state index is 12.4. The molecular formula is C17H18N2O. The number of fused-ring (bicyclic) bond motifs is 1. The van der Waals surface area contributed by atoms with E-state index in [0.717, 1.165) is 11.0 Å². The molecule has 2 aromatic carbocycles. The number of imidazole rings is 1. The van der Waals surface area contributed by atoms with E-state index in [4.69, 9.17) is 0 Å². The molecule has 0 radical (unpaired) electrons. The first-order valence-corrected chi connectivity index (χ1v) is 6.78. The summed E-state index contributed by atoms with van der Waals surface area (Å²) in [5.41, 5.74) is 5.63. The van der Waals surface area contributed by atoms with Gasteiger partial charge in [0.15, 0.2) is 0 Å². The summed E-state index contributed by atoms with van der Waals surface area (Å²) < 4.78 is 3.55. The maximum Gasteiger partial charge on any atom is 0.329 e. The number of hydrogen-bond donors (Lipinski definition) is 0. The zero-order valence-corrected chi connectivity index (χ0v) is 12.1. The largest absolute Gasteiger partial charge is 0.329 e. The van der Waals surface area contributed by atoms with Gasteiger partial charge in [-0.1, -0.05) is 35.9 Å². The van der Waals surface area contributed by atoms with Crippen LogP contribution in [0.25, 0.3) is 11.0 Å². The van der Waals surface area contributed by atoms with Crippen LogP contribution in [0.3, 0.4) is 0 Å². The van der Waals surface area contributed by atoms with Crippen LogP contribution in [0.1, 0.15) is 16.7 Å². The van der Waals surface area contributed by atoms with Crippen LogP contribution >= 0.6 is 0 Å². The standard InChI is InChI=1S/C17H18N2O/c1-12-8-9-13(2)14(10-12)11-19-16-7-5-4-6-15(16)18(3)17(19)20/h4-10H,11H2,1-3H3. The van der Waals surface area contributed by atoms with Crippen molar-refractivity contribution in [3.05, 3.63) is 69.6 Å². The molecule has 0 saturated heterocycles. The van der Waals surface area contributed by atoms with Gasteiger partial charge in [-0.3, -0.25) is 9.13 Å². The normalized spacial score (nSPS) is 11.2. The van der Waals surface area contributed by atoms with Gasteiger partial charge in [-0.2, -0.15) is 0 Å². The van der Waals surface area contributed by atoms with Crippen LogP contribution in [0, 0.1) is 13.8 Å². The number of para-hydroxylation sites is 2. The molecule has 3 rings (SSSR count). The van der Waals surface area contributed by atoms with Crippen LogP contribution in [0.15, 0.2) is 47.3 Å². The summed E-state index contributed by atoms with van der Waals surface area (Å²) in [4.78, 5) is 12.4. The molecule has 0 N–H and O–H groups in total. The molecular weight excluding hydrogens is 248 g/mol. The van der Waals surface area contributed by atoms with Crippen molar-refractivity contribution in [3.63, 3.8) is 0 Å². The number of aromatic nitrogens is 2. The highest BCUT2D eigenvalue weighted by Crippen LogP contribution is 2.16. The van der Waals surface area contributed by atoms with Gasteiger partial charge in [-0.05, 0) is 37.1 Å². The van der Waals surface area contributed by atoms with Gasteiger partial charge in [0.25, 0.3) is 0 Å². The van der Waals surface area contributed by atoms with E-state index >= 15 is 0 Å². The molecule has 3 nitrogen and oxygen atoms in total. The second kappa shape index (κ2) is 4.67. The lowest BCUT2D eigenvalue weighted by Gasteiger charge is -2.08. The van der Waals surface area contributed by atoms with Crippen LogP contribution in [-0.2, 0) is 13.6 Å². The van der Waals surface area contributed by atoms with Gasteiger partial charge in [0.1, 0.15) is 0 Å². The van der Waals surface area contributed by atoms with Gasteiger partial charge in [-0.25, -0.2) is 4.79 Å². The monoisotopic (exact) mass is 266 g/mol. The van der Waals surface area contributed by atoms with Crippen LogP contribution < -0.4 is 5.69 Å². The number of hydrogen-bond acceptors (Lipinski definition) is 1. The lowest BCUT2D eigenvalue weighted by molar-refractivity contribution is 0.733. The molecule has 1 aromatic heterocycles. The van der Waals surface area contributed by atoms with Gasteiger partial charge < -0.3 is 0 Å². The molecule has 3 aromatic rings. The van der Waals surface area contributed by atoms with E-state index < -0.39 is 0 Å². The van der Waals surface area contributed by atoms with Gasteiger partial charge in [0.05, 0.1) is 17.6 Å². The van der Waals surface area contributed by atoms with Crippen molar-refractivity contribution in [2.24, 2.45) is 7.05 Å². The first-order valence-electron chi connectivity index (χ1n) is 6.78. The lowest BCUT2D eigenvalue weighted by Crippen LogP contribution is -2.23. The Hall–Kier alpha value is -2.29. The predicted molar refractivity (Wildman–Crippen MR) is 82.2 cm³/mol. The molecule has 0 saturated carbocycles. The molecule has 0 atom stereocenters. The highest BCUT2D eigenvalue weighted by molar-refractivity contribution is 5.76. The van der Waals surface area contributed by atoms with Crippen molar-refractivity contribution in [1.82, 2.24) is 9.13 Å². The third-order valence-corrected chi connectivity index (χ3v) is 3.88. The van der Waals surface area contributed by atoms with Gasteiger partial charge in [-0.15, -0.1) is 0 Å². The van der Waals surface area contributed by atoms with Gasteiger partial charge >= 0.3 is 5.69 Å². The third-order valence-electron chi connectivity index (χ3n) is 3.88. The van der Waals surface area contributed by atoms with E-state index in [9.17, 15) is 4.79 Å². The topological polar surface area (TPSA) is 26.9 Å². The Kier molecular flexibility index (Phi) is 2.97. The minimum absolute atomic E-state index is 0.0344. The first kappa shape index (κ1) is 12.7. The van der Waals surface area contributed by atoms with Crippen LogP contribution in [0.2, 0.25) is 0 Å². The number of aryl methyl sites for hydroxylation is 3. The molecule has 102 valence electrons. The zero-order valence-electron chi connectivity index (χ0n) is 12.1. The molecule has 1 heterocycles. The minimum Gasteiger partial charge on any atom is -0.295 e. The van der Waals surface area contributed by atoms with Gasteiger partial charge in [0, 0.05) is 7.05 Å². The van der Waals surface area contributed by atoms with Crippen LogP contribution in [0.4, 0.5) is 0 Å². The fourth-order valence-corrected chi connectivity index (χ4v) is 2.66. The lowest BCUT2D eigenvalue weighted by atomic mass is 10.1. The third kappa shape index (κ3) is 1.95. The highest BCUT2D eigenvalue weighted by Gasteiger charge is 2.11. The molecule has 0 bridgehead atoms. The van der Waals surface area contributed by atoms with Crippen LogP contribution in [-0.4, -0.2) is 9.13 Å². The average Bonchev–Trinajstić information content (AvgIpc) is 2.68. The molecule has 20 heavy (non-hydrogen) atoms. The van der Waals surface area contributed by atoms with Crippen molar-refractivity contribution in [3.8, 4) is 0 Å². The summed E-state index contributed by atoms with van der Waals surface area (Å²) >= 11 is 0. The Labute approximate surface area is 118 Å². The Morgan fingerprint density at radius 3 is 2.45 bits per heavy atom. The number of rotatable bonds is 2. The predicted octanol–water partition coefficient (Wildman–Crippen LogP) is 3.01. The smallest absolute Gasteiger partial charge is 0.295 e. The Bertz CT molecular complexity index is 840. The van der Waals surface area contributed by atoms with E-state index in [-0.39, 0.29) is 5.69 Å². The molecule has 0 spiro atoms. The molecule has 0 aliphatic carbocycles. The molecule has 0 aliphatic heterocycles. The quantitative estimate of drug-likeness (QED) is 0.700. The zero-order chi connectivity index (χ0) is 14.3. The molecule has 0 amide bonds. The molecule has 3 heteroatoms. The molecule has 0 aliphatic rings. The number of nitrogens with zero attached hydrogens (tertiary/aromatic N) is 2. The summed E-state index contributed by atoms with van der Waals surface area (Å²) in [6, 6.07) is 14.3.